The van der Waals surface area contributed by atoms with Gasteiger partial charge in [-0.1, -0.05) is 36.2 Å². The van der Waals surface area contributed by atoms with Gasteiger partial charge in [0.2, 0.25) is 10.0 Å². The van der Waals surface area contributed by atoms with Crippen LogP contribution < -0.4 is 5.43 Å². The first-order valence-electron chi connectivity index (χ1n) is 9.40. The summed E-state index contributed by atoms with van der Waals surface area (Å²) >= 11 is 0. The number of sulfonamides is 1. The first-order valence-corrected chi connectivity index (χ1v) is 10.8. The monoisotopic (exact) mass is 399 g/mol. The smallest absolute Gasteiger partial charge is 0.267 e. The van der Waals surface area contributed by atoms with Crippen LogP contribution in [0, 0.1) is 6.92 Å². The minimum absolute atomic E-state index is 0.287. The average Bonchev–Trinajstić information content (AvgIpc) is 2.73. The van der Waals surface area contributed by atoms with Crippen molar-refractivity contribution in [3.8, 4) is 0 Å². The molecule has 0 aromatic heterocycles. The molecular formula is C21H25N3O3S. The van der Waals surface area contributed by atoms with Crippen LogP contribution in [0.1, 0.15) is 47.7 Å². The van der Waals surface area contributed by atoms with Gasteiger partial charge in [0.25, 0.3) is 5.91 Å². The molecule has 0 unspecified atom stereocenters. The highest BCUT2D eigenvalue weighted by molar-refractivity contribution is 7.89. The maximum absolute atomic E-state index is 12.7. The Kier molecular flexibility index (Phi) is 6.26. The van der Waals surface area contributed by atoms with Crippen LogP contribution in [-0.2, 0) is 10.0 Å². The molecule has 2 aromatic rings. The third-order valence-corrected chi connectivity index (χ3v) is 6.78. The lowest BCUT2D eigenvalue weighted by Gasteiger charge is -2.25. The molecule has 0 bridgehead atoms. The molecule has 0 radical (unpaired) electrons. The summed E-state index contributed by atoms with van der Waals surface area (Å²) in [6.07, 6.45) is 2.89. The largest absolute Gasteiger partial charge is 0.271 e. The van der Waals surface area contributed by atoms with Crippen molar-refractivity contribution < 1.29 is 13.2 Å². The molecule has 0 saturated carbocycles. The van der Waals surface area contributed by atoms with Crippen molar-refractivity contribution in [3.63, 3.8) is 0 Å². The number of hydrazone groups is 1. The summed E-state index contributed by atoms with van der Waals surface area (Å²) in [5.74, 6) is -0.288. The molecule has 0 aliphatic carbocycles. The molecule has 6 nitrogen and oxygen atoms in total. The van der Waals surface area contributed by atoms with Crippen molar-refractivity contribution in [2.75, 3.05) is 13.1 Å². The fourth-order valence-corrected chi connectivity index (χ4v) is 4.61. The van der Waals surface area contributed by atoms with E-state index in [0.717, 1.165) is 30.4 Å². The van der Waals surface area contributed by atoms with Gasteiger partial charge in [-0.05, 0) is 56.5 Å². The Balaban J connectivity index is 1.69. The summed E-state index contributed by atoms with van der Waals surface area (Å²) in [6, 6.07) is 13.9. The van der Waals surface area contributed by atoms with E-state index in [1.54, 1.807) is 47.6 Å². The number of hydrogen-bond donors (Lipinski definition) is 1. The van der Waals surface area contributed by atoms with Crippen LogP contribution in [0.3, 0.4) is 0 Å². The molecule has 2 aromatic carbocycles. The van der Waals surface area contributed by atoms with Crippen LogP contribution in [0.4, 0.5) is 0 Å². The molecular weight excluding hydrogens is 374 g/mol. The number of benzene rings is 2. The van der Waals surface area contributed by atoms with Crippen LogP contribution in [0.15, 0.2) is 58.5 Å². The summed E-state index contributed by atoms with van der Waals surface area (Å²) in [5, 5.41) is 4.13. The average molecular weight is 400 g/mol. The van der Waals surface area contributed by atoms with Gasteiger partial charge in [-0.3, -0.25) is 4.79 Å². The lowest BCUT2D eigenvalue weighted by atomic mass is 10.1. The number of carbonyl (C=O) groups is 1. The summed E-state index contributed by atoms with van der Waals surface area (Å²) in [7, 11) is -3.45. The van der Waals surface area contributed by atoms with Gasteiger partial charge < -0.3 is 0 Å². The van der Waals surface area contributed by atoms with Crippen molar-refractivity contribution >= 4 is 21.6 Å². The summed E-state index contributed by atoms with van der Waals surface area (Å²) in [5.41, 5.74) is 5.50. The van der Waals surface area contributed by atoms with E-state index < -0.39 is 10.0 Å². The predicted molar refractivity (Wildman–Crippen MR) is 110 cm³/mol. The molecule has 1 N–H and O–H groups in total. The van der Waals surface area contributed by atoms with Gasteiger partial charge in [0.15, 0.2) is 0 Å². The molecule has 7 heteroatoms. The quantitative estimate of drug-likeness (QED) is 0.619. The number of amides is 1. The predicted octanol–water partition coefficient (Wildman–Crippen LogP) is 3.32. The fourth-order valence-electron chi connectivity index (χ4n) is 3.09. The number of carbonyl (C=O) groups excluding carboxylic acids is 1. The van der Waals surface area contributed by atoms with Gasteiger partial charge in [-0.15, -0.1) is 0 Å². The van der Waals surface area contributed by atoms with Crippen LogP contribution in [0.5, 0.6) is 0 Å². The second-order valence-electron chi connectivity index (χ2n) is 6.99. The zero-order valence-electron chi connectivity index (χ0n) is 16.2. The summed E-state index contributed by atoms with van der Waals surface area (Å²) < 4.78 is 27.0. The Bertz CT molecular complexity index is 959. The Morgan fingerprint density at radius 3 is 2.11 bits per heavy atom. The number of nitrogens with zero attached hydrogens (tertiary/aromatic N) is 2. The lowest BCUT2D eigenvalue weighted by Crippen LogP contribution is -2.35. The highest BCUT2D eigenvalue weighted by Crippen LogP contribution is 2.21. The number of rotatable bonds is 5. The summed E-state index contributed by atoms with van der Waals surface area (Å²) in [4.78, 5) is 12.4. The third-order valence-electron chi connectivity index (χ3n) is 4.86. The van der Waals surface area contributed by atoms with Gasteiger partial charge in [-0.25, -0.2) is 13.8 Å². The highest BCUT2D eigenvalue weighted by atomic mass is 32.2. The van der Waals surface area contributed by atoms with E-state index in [0.29, 0.717) is 24.4 Å². The first kappa shape index (κ1) is 20.2. The van der Waals surface area contributed by atoms with Crippen LogP contribution in [0.25, 0.3) is 0 Å². The zero-order valence-corrected chi connectivity index (χ0v) is 17.0. The molecule has 0 spiro atoms. The minimum Gasteiger partial charge on any atom is -0.267 e. The number of hydrogen-bond acceptors (Lipinski definition) is 4. The van der Waals surface area contributed by atoms with E-state index in [-0.39, 0.29) is 10.8 Å². The van der Waals surface area contributed by atoms with E-state index in [1.807, 2.05) is 19.1 Å². The Morgan fingerprint density at radius 2 is 1.50 bits per heavy atom. The van der Waals surface area contributed by atoms with Gasteiger partial charge in [0.05, 0.1) is 10.6 Å². The Morgan fingerprint density at radius 1 is 0.929 bits per heavy atom. The maximum atomic E-state index is 12.7. The van der Waals surface area contributed by atoms with Crippen LogP contribution >= 0.6 is 0 Å². The molecule has 1 aliphatic rings. The topological polar surface area (TPSA) is 78.8 Å². The number of aryl methyl sites for hydroxylation is 1. The van der Waals surface area contributed by atoms with Crippen molar-refractivity contribution in [1.82, 2.24) is 9.73 Å². The molecule has 1 fully saturated rings. The van der Waals surface area contributed by atoms with Gasteiger partial charge >= 0.3 is 0 Å². The molecule has 1 saturated heterocycles. The van der Waals surface area contributed by atoms with Crippen molar-refractivity contribution in [1.29, 1.82) is 0 Å². The lowest BCUT2D eigenvalue weighted by molar-refractivity contribution is 0.0955. The minimum atomic E-state index is -3.45. The standard InChI is InChI=1S/C21H25N3O3S/c1-16-6-8-19(9-7-16)21(25)23-22-17(2)18-10-12-20(13-11-18)28(26,27)24-14-4-3-5-15-24/h6-13H,3-5,14-15H2,1-2H3,(H,23,25)/b22-17-. The molecule has 148 valence electrons. The second-order valence-corrected chi connectivity index (χ2v) is 8.93. The number of piperidine rings is 1. The van der Waals surface area contributed by atoms with Crippen LogP contribution in [0.2, 0.25) is 0 Å². The maximum Gasteiger partial charge on any atom is 0.271 e. The Labute approximate surface area is 166 Å². The molecule has 0 atom stereocenters. The second kappa shape index (κ2) is 8.67. The van der Waals surface area contributed by atoms with Gasteiger partial charge in [-0.2, -0.15) is 9.41 Å². The van der Waals surface area contributed by atoms with Gasteiger partial charge in [0, 0.05) is 18.7 Å². The number of nitrogens with one attached hydrogen (secondary N) is 1. The highest BCUT2D eigenvalue weighted by Gasteiger charge is 2.25. The fraction of sp³-hybridized carbons (Fsp3) is 0.333. The zero-order chi connectivity index (χ0) is 20.1. The van der Waals surface area contributed by atoms with Crippen molar-refractivity contribution in [2.24, 2.45) is 5.10 Å². The van der Waals surface area contributed by atoms with E-state index >= 15 is 0 Å². The summed E-state index contributed by atoms with van der Waals surface area (Å²) in [6.45, 7) is 4.88. The van der Waals surface area contributed by atoms with Crippen molar-refractivity contribution in [2.45, 2.75) is 38.0 Å². The first-order chi connectivity index (χ1) is 13.4. The molecule has 1 aliphatic heterocycles. The van der Waals surface area contributed by atoms with Crippen LogP contribution in [-0.4, -0.2) is 37.4 Å². The third kappa shape index (κ3) is 4.66. The molecule has 1 heterocycles. The molecule has 1 amide bonds. The normalized spacial score (nSPS) is 16.0. The van der Waals surface area contributed by atoms with E-state index in [1.165, 1.54) is 0 Å². The van der Waals surface area contributed by atoms with E-state index in [2.05, 4.69) is 10.5 Å². The van der Waals surface area contributed by atoms with Gasteiger partial charge in [0.1, 0.15) is 0 Å². The van der Waals surface area contributed by atoms with Crippen molar-refractivity contribution in [3.05, 3.63) is 65.2 Å². The van der Waals surface area contributed by atoms with E-state index in [4.69, 9.17) is 0 Å². The SMILES string of the molecule is C/C(=N/NC(=O)c1ccc(C)cc1)c1ccc(S(=O)(=O)N2CCCCC2)cc1. The Hall–Kier alpha value is -2.51. The molecule has 28 heavy (non-hydrogen) atoms. The van der Waals surface area contributed by atoms with E-state index in [9.17, 15) is 13.2 Å². The molecule has 3 rings (SSSR count).